The first kappa shape index (κ1) is 12.0. The van der Waals surface area contributed by atoms with E-state index in [1.54, 1.807) is 41.9 Å². The average molecular weight is 250 g/mol. The normalized spacial score (nSPS) is 10.7. The van der Waals surface area contributed by atoms with Crippen molar-refractivity contribution in [1.82, 2.24) is 9.72 Å². The van der Waals surface area contributed by atoms with Gasteiger partial charge in [0, 0.05) is 36.4 Å². The monoisotopic (exact) mass is 250 g/mol. The van der Waals surface area contributed by atoms with E-state index in [2.05, 4.69) is 5.16 Å². The molecule has 2 rings (SSSR count). The summed E-state index contributed by atoms with van der Waals surface area (Å²) in [5, 5.41) is 3.92. The Labute approximate surface area is 104 Å². The number of aryl methyl sites for hydroxylation is 2. The highest BCUT2D eigenvalue weighted by Crippen LogP contribution is 2.18. The molecular weight excluding hydrogens is 236 g/mol. The summed E-state index contributed by atoms with van der Waals surface area (Å²) < 4.78 is 6.43. The zero-order chi connectivity index (χ0) is 12.3. The molecule has 0 aliphatic heterocycles. The van der Waals surface area contributed by atoms with Gasteiger partial charge in [0.2, 0.25) is 0 Å². The molecule has 0 amide bonds. The fourth-order valence-corrected chi connectivity index (χ4v) is 2.39. The fraction of sp³-hybridized carbons (Fsp3) is 0.333. The quantitative estimate of drug-likeness (QED) is 0.834. The van der Waals surface area contributed by atoms with Crippen molar-refractivity contribution in [3.8, 4) is 0 Å². The van der Waals surface area contributed by atoms with Crippen LogP contribution in [-0.2, 0) is 18.6 Å². The second-order valence-electron chi connectivity index (χ2n) is 3.92. The molecule has 2 aromatic rings. The lowest BCUT2D eigenvalue weighted by Gasteiger charge is -2.02. The number of hydrogen-bond donors (Lipinski definition) is 0. The van der Waals surface area contributed by atoms with Crippen molar-refractivity contribution in [3.05, 3.63) is 51.8 Å². The summed E-state index contributed by atoms with van der Waals surface area (Å²) in [4.78, 5) is 11.4. The summed E-state index contributed by atoms with van der Waals surface area (Å²) in [7, 11) is 1.75. The maximum atomic E-state index is 11.4. The number of thioether (sulfide) groups is 1. The van der Waals surface area contributed by atoms with Crippen LogP contribution in [0.4, 0.5) is 0 Å². The van der Waals surface area contributed by atoms with Gasteiger partial charge in [0.1, 0.15) is 6.26 Å². The molecule has 0 aliphatic carbocycles. The SMILES string of the molecule is Cc1conc1CSCc1ccn(C)c(=O)c1. The Bertz CT molecular complexity index is 560. The highest BCUT2D eigenvalue weighted by molar-refractivity contribution is 7.97. The highest BCUT2D eigenvalue weighted by atomic mass is 32.2. The molecule has 0 bridgehead atoms. The Morgan fingerprint density at radius 3 is 2.94 bits per heavy atom. The van der Waals surface area contributed by atoms with Crippen molar-refractivity contribution in [2.75, 3.05) is 0 Å². The minimum Gasteiger partial charge on any atom is -0.364 e. The topological polar surface area (TPSA) is 48.0 Å². The summed E-state index contributed by atoms with van der Waals surface area (Å²) in [5.41, 5.74) is 3.11. The fourth-order valence-electron chi connectivity index (χ4n) is 1.39. The molecule has 4 nitrogen and oxygen atoms in total. The first-order valence-electron chi connectivity index (χ1n) is 5.30. The lowest BCUT2D eigenvalue weighted by atomic mass is 10.3. The summed E-state index contributed by atoms with van der Waals surface area (Å²) >= 11 is 1.72. The van der Waals surface area contributed by atoms with Crippen LogP contribution >= 0.6 is 11.8 Å². The summed E-state index contributed by atoms with van der Waals surface area (Å²) in [5.74, 6) is 1.61. The van der Waals surface area contributed by atoms with Gasteiger partial charge in [-0.05, 0) is 18.6 Å². The van der Waals surface area contributed by atoms with Crippen LogP contribution in [0, 0.1) is 6.92 Å². The van der Waals surface area contributed by atoms with Gasteiger partial charge >= 0.3 is 0 Å². The standard InChI is InChI=1S/C12H14N2O2S/c1-9-6-16-13-11(9)8-17-7-10-3-4-14(2)12(15)5-10/h3-6H,7-8H2,1-2H3. The number of aromatic nitrogens is 2. The number of pyridine rings is 1. The highest BCUT2D eigenvalue weighted by Gasteiger charge is 2.03. The van der Waals surface area contributed by atoms with Gasteiger partial charge in [0.05, 0.1) is 5.69 Å². The summed E-state index contributed by atoms with van der Waals surface area (Å²) in [6.07, 6.45) is 3.44. The van der Waals surface area contributed by atoms with Gasteiger partial charge in [-0.2, -0.15) is 11.8 Å². The van der Waals surface area contributed by atoms with Crippen LogP contribution in [-0.4, -0.2) is 9.72 Å². The molecule has 17 heavy (non-hydrogen) atoms. The van der Waals surface area contributed by atoms with Gasteiger partial charge in [0.15, 0.2) is 0 Å². The molecule has 0 saturated heterocycles. The number of rotatable bonds is 4. The van der Waals surface area contributed by atoms with Gasteiger partial charge in [-0.3, -0.25) is 4.79 Å². The molecule has 0 atom stereocenters. The predicted molar refractivity (Wildman–Crippen MR) is 67.9 cm³/mol. The van der Waals surface area contributed by atoms with Gasteiger partial charge in [-0.15, -0.1) is 0 Å². The van der Waals surface area contributed by atoms with E-state index < -0.39 is 0 Å². The van der Waals surface area contributed by atoms with Crippen LogP contribution in [0.2, 0.25) is 0 Å². The summed E-state index contributed by atoms with van der Waals surface area (Å²) in [6, 6.07) is 3.63. The van der Waals surface area contributed by atoms with Crippen LogP contribution in [0.3, 0.4) is 0 Å². The predicted octanol–water partition coefficient (Wildman–Crippen LogP) is 2.12. The van der Waals surface area contributed by atoms with Crippen LogP contribution in [0.25, 0.3) is 0 Å². The second-order valence-corrected chi connectivity index (χ2v) is 4.91. The van der Waals surface area contributed by atoms with Crippen molar-refractivity contribution in [3.63, 3.8) is 0 Å². The van der Waals surface area contributed by atoms with Crippen LogP contribution in [0.1, 0.15) is 16.8 Å². The van der Waals surface area contributed by atoms with E-state index >= 15 is 0 Å². The Morgan fingerprint density at radius 1 is 1.47 bits per heavy atom. The van der Waals surface area contributed by atoms with Crippen LogP contribution in [0.15, 0.2) is 33.9 Å². The van der Waals surface area contributed by atoms with E-state index in [1.165, 1.54) is 0 Å². The molecule has 2 heterocycles. The average Bonchev–Trinajstić information content (AvgIpc) is 2.70. The molecule has 90 valence electrons. The van der Waals surface area contributed by atoms with Crippen molar-refractivity contribution < 1.29 is 4.52 Å². The van der Waals surface area contributed by atoms with E-state index in [4.69, 9.17) is 4.52 Å². The smallest absolute Gasteiger partial charge is 0.250 e. The number of hydrogen-bond acceptors (Lipinski definition) is 4. The molecule has 5 heteroatoms. The molecule has 2 aromatic heterocycles. The zero-order valence-corrected chi connectivity index (χ0v) is 10.7. The minimum absolute atomic E-state index is 0.0284. The molecule has 0 spiro atoms. The van der Waals surface area contributed by atoms with Gasteiger partial charge in [-0.1, -0.05) is 5.16 Å². The van der Waals surface area contributed by atoms with Gasteiger partial charge in [0.25, 0.3) is 5.56 Å². The van der Waals surface area contributed by atoms with E-state index in [0.717, 1.165) is 28.3 Å². The van der Waals surface area contributed by atoms with Gasteiger partial charge < -0.3 is 9.09 Å². The summed E-state index contributed by atoms with van der Waals surface area (Å²) in [6.45, 7) is 1.98. The largest absolute Gasteiger partial charge is 0.364 e. The van der Waals surface area contributed by atoms with E-state index in [9.17, 15) is 4.79 Å². The van der Waals surface area contributed by atoms with E-state index in [0.29, 0.717) is 0 Å². The third-order valence-corrected chi connectivity index (χ3v) is 3.54. The molecule has 0 N–H and O–H groups in total. The zero-order valence-electron chi connectivity index (χ0n) is 9.84. The minimum atomic E-state index is 0.0284. The van der Waals surface area contributed by atoms with E-state index in [1.807, 2.05) is 13.0 Å². The van der Waals surface area contributed by atoms with Gasteiger partial charge in [-0.25, -0.2) is 0 Å². The molecule has 0 fully saturated rings. The Hall–Kier alpha value is -1.49. The van der Waals surface area contributed by atoms with Crippen molar-refractivity contribution in [2.45, 2.75) is 18.4 Å². The second kappa shape index (κ2) is 5.23. The first-order chi connectivity index (χ1) is 8.16. The lowest BCUT2D eigenvalue weighted by molar-refractivity contribution is 0.414. The van der Waals surface area contributed by atoms with Crippen LogP contribution < -0.4 is 5.56 Å². The van der Waals surface area contributed by atoms with Crippen molar-refractivity contribution in [1.29, 1.82) is 0 Å². The maximum Gasteiger partial charge on any atom is 0.250 e. The van der Waals surface area contributed by atoms with E-state index in [-0.39, 0.29) is 5.56 Å². The number of nitrogens with zero attached hydrogens (tertiary/aromatic N) is 2. The third kappa shape index (κ3) is 3.00. The molecule has 0 aliphatic rings. The maximum absolute atomic E-state index is 11.4. The molecule has 0 aromatic carbocycles. The lowest BCUT2D eigenvalue weighted by Crippen LogP contribution is -2.14. The Kier molecular flexibility index (Phi) is 3.68. The molecular formula is C12H14N2O2S. The van der Waals surface area contributed by atoms with Crippen molar-refractivity contribution >= 4 is 11.8 Å². The molecule has 0 unspecified atom stereocenters. The van der Waals surface area contributed by atoms with Crippen LogP contribution in [0.5, 0.6) is 0 Å². The Morgan fingerprint density at radius 2 is 2.29 bits per heavy atom. The first-order valence-corrected chi connectivity index (χ1v) is 6.45. The third-order valence-electron chi connectivity index (χ3n) is 2.52. The molecule has 0 saturated carbocycles. The Balaban J connectivity index is 1.92. The van der Waals surface area contributed by atoms with Crippen molar-refractivity contribution in [2.24, 2.45) is 7.05 Å². The molecule has 0 radical (unpaired) electrons.